The molecule has 2 aliphatic rings. The Labute approximate surface area is 44.5 Å². The van der Waals surface area contributed by atoms with Crippen LogP contribution < -0.4 is 0 Å². The summed E-state index contributed by atoms with van der Waals surface area (Å²) in [5.74, 6) is -0.0926. The molecule has 0 unspecified atom stereocenters. The molecule has 40 valence electrons. The fourth-order valence-corrected chi connectivity index (χ4v) is 0.428. The Morgan fingerprint density at radius 2 is 1.38 bits per heavy atom. The molecule has 8 heavy (non-hydrogen) atoms. The van der Waals surface area contributed by atoms with Gasteiger partial charge in [0, 0.05) is 0 Å². The van der Waals surface area contributed by atoms with Crippen LogP contribution in [0.2, 0.25) is 0 Å². The lowest BCUT2D eigenvalue weighted by Crippen LogP contribution is -2.12. The van der Waals surface area contributed by atoms with E-state index in [-0.39, 0.29) is 5.78 Å². The molecular formula is C3H2N4O. The zero-order chi connectivity index (χ0) is 5.56. The van der Waals surface area contributed by atoms with Crippen LogP contribution in [0.3, 0.4) is 0 Å². The third kappa shape index (κ3) is 0.440. The highest BCUT2D eigenvalue weighted by atomic mass is 16.1. The number of carbonyl (C=O) groups is 1. The molecule has 0 fully saturated rings. The minimum absolute atomic E-state index is 0.0926. The first-order valence-corrected chi connectivity index (χ1v) is 2.21. The Kier molecular flexibility index (Phi) is 0.472. The topological polar surface area (TPSA) is 66.5 Å². The Morgan fingerprint density at radius 3 is 1.62 bits per heavy atom. The lowest BCUT2D eigenvalue weighted by atomic mass is 10.3. The molecule has 0 aromatic carbocycles. The number of nitrogens with zero attached hydrogens (tertiary/aromatic N) is 4. The number of Topliss-reactive ketones (excluding diaryl/α,β-unsaturated/α-hetero) is 1. The molecular weight excluding hydrogens is 108 g/mol. The third-order valence-electron chi connectivity index (χ3n) is 0.971. The van der Waals surface area contributed by atoms with Crippen LogP contribution >= 0.6 is 0 Å². The van der Waals surface area contributed by atoms with Gasteiger partial charge >= 0.3 is 0 Å². The largest absolute Gasteiger partial charge is 0.290 e. The van der Waals surface area contributed by atoms with Crippen molar-refractivity contribution in [3.05, 3.63) is 0 Å². The second kappa shape index (κ2) is 0.988. The van der Waals surface area contributed by atoms with Gasteiger partial charge in [-0.15, -0.1) is 0 Å². The van der Waals surface area contributed by atoms with Crippen LogP contribution in [0.25, 0.3) is 0 Å². The van der Waals surface area contributed by atoms with E-state index in [9.17, 15) is 4.79 Å². The maximum atomic E-state index is 10.6. The molecule has 0 bridgehead atoms. The van der Waals surface area contributed by atoms with E-state index in [1.54, 1.807) is 0 Å². The Bertz CT molecular complexity index is 163. The maximum Gasteiger partial charge on any atom is 0.242 e. The van der Waals surface area contributed by atoms with Gasteiger partial charge in [-0.3, -0.25) is 4.79 Å². The summed E-state index contributed by atoms with van der Waals surface area (Å²) in [6.45, 7) is 0. The van der Waals surface area contributed by atoms with Crippen molar-refractivity contribution in [2.75, 3.05) is 0 Å². The Morgan fingerprint density at radius 1 is 1.00 bits per heavy atom. The van der Waals surface area contributed by atoms with Crippen molar-refractivity contribution < 1.29 is 4.79 Å². The lowest BCUT2D eigenvalue weighted by molar-refractivity contribution is -0.118. The van der Waals surface area contributed by atoms with Crippen molar-refractivity contribution in [1.82, 2.24) is 0 Å². The average Bonchev–Trinajstić information content (AvgIpc) is 2.63. The second-order valence-electron chi connectivity index (χ2n) is 1.61. The summed E-state index contributed by atoms with van der Waals surface area (Å²) in [5.41, 5.74) is 0. The molecule has 0 aliphatic carbocycles. The minimum atomic E-state index is -0.421. The predicted octanol–water partition coefficient (Wildman–Crippen LogP) is 0.139. The van der Waals surface area contributed by atoms with Gasteiger partial charge in [0.25, 0.3) is 0 Å². The number of carbonyl (C=O) groups excluding carboxylic acids is 1. The molecule has 0 radical (unpaired) electrons. The summed E-state index contributed by atoms with van der Waals surface area (Å²) in [6.07, 6.45) is -0.843. The summed E-state index contributed by atoms with van der Waals surface area (Å²) >= 11 is 0. The van der Waals surface area contributed by atoms with Crippen LogP contribution in [-0.2, 0) is 4.79 Å². The van der Waals surface area contributed by atoms with Crippen LogP contribution in [0, 0.1) is 0 Å². The molecule has 0 saturated heterocycles. The van der Waals surface area contributed by atoms with E-state index in [1.165, 1.54) is 0 Å². The van der Waals surface area contributed by atoms with Crippen molar-refractivity contribution in [2.24, 2.45) is 20.5 Å². The van der Waals surface area contributed by atoms with Gasteiger partial charge in [-0.2, -0.15) is 20.5 Å². The SMILES string of the molecule is O=C(C1N=N1)C1N=N1. The standard InChI is InChI=1S/C3H2N4O/c8-1(2-4-5-2)3-6-7-3/h2-3H. The van der Waals surface area contributed by atoms with Crippen molar-refractivity contribution in [1.29, 1.82) is 0 Å². The zero-order valence-electron chi connectivity index (χ0n) is 3.85. The first kappa shape index (κ1) is 3.82. The highest BCUT2D eigenvalue weighted by Gasteiger charge is 2.37. The smallest absolute Gasteiger partial charge is 0.242 e. The molecule has 5 heteroatoms. The molecule has 0 N–H and O–H groups in total. The van der Waals surface area contributed by atoms with E-state index >= 15 is 0 Å². The molecule has 0 aromatic heterocycles. The second-order valence-corrected chi connectivity index (χ2v) is 1.61. The molecule has 0 atom stereocenters. The quantitative estimate of drug-likeness (QED) is 0.498. The van der Waals surface area contributed by atoms with Crippen molar-refractivity contribution >= 4 is 5.78 Å². The van der Waals surface area contributed by atoms with Gasteiger partial charge in [0.1, 0.15) is 0 Å². The first-order chi connectivity index (χ1) is 3.88. The average molecular weight is 110 g/mol. The van der Waals surface area contributed by atoms with E-state index in [0.29, 0.717) is 0 Å². The minimum Gasteiger partial charge on any atom is -0.290 e. The van der Waals surface area contributed by atoms with E-state index < -0.39 is 12.3 Å². The summed E-state index contributed by atoms with van der Waals surface area (Å²) < 4.78 is 0. The third-order valence-corrected chi connectivity index (χ3v) is 0.971. The van der Waals surface area contributed by atoms with Crippen LogP contribution in [0.4, 0.5) is 0 Å². The van der Waals surface area contributed by atoms with E-state index in [2.05, 4.69) is 20.5 Å². The number of rotatable bonds is 2. The van der Waals surface area contributed by atoms with Gasteiger partial charge in [0.2, 0.25) is 18.1 Å². The summed E-state index contributed by atoms with van der Waals surface area (Å²) in [6, 6.07) is 0. The van der Waals surface area contributed by atoms with E-state index in [1.807, 2.05) is 0 Å². The number of hydrogen-bond donors (Lipinski definition) is 0. The van der Waals surface area contributed by atoms with Gasteiger partial charge < -0.3 is 0 Å². The fraction of sp³-hybridized carbons (Fsp3) is 0.667. The van der Waals surface area contributed by atoms with Gasteiger partial charge in [0.15, 0.2) is 0 Å². The number of hydrogen-bond acceptors (Lipinski definition) is 5. The van der Waals surface area contributed by atoms with Gasteiger partial charge in [-0.25, -0.2) is 0 Å². The first-order valence-electron chi connectivity index (χ1n) is 2.21. The predicted molar refractivity (Wildman–Crippen MR) is 22.3 cm³/mol. The van der Waals surface area contributed by atoms with Gasteiger partial charge in [0.05, 0.1) is 0 Å². The van der Waals surface area contributed by atoms with Crippen LogP contribution in [-0.4, -0.2) is 18.1 Å². The van der Waals surface area contributed by atoms with E-state index in [4.69, 9.17) is 0 Å². The Balaban J connectivity index is 1.95. The maximum absolute atomic E-state index is 10.6. The van der Waals surface area contributed by atoms with Crippen LogP contribution in [0.1, 0.15) is 0 Å². The molecule has 0 spiro atoms. The molecule has 2 rings (SSSR count). The fourth-order valence-electron chi connectivity index (χ4n) is 0.428. The van der Waals surface area contributed by atoms with Gasteiger partial charge in [-0.05, 0) is 0 Å². The molecule has 2 aliphatic heterocycles. The van der Waals surface area contributed by atoms with Crippen LogP contribution in [0.5, 0.6) is 0 Å². The normalized spacial score (nSPS) is 24.0. The Hall–Kier alpha value is -1.13. The monoisotopic (exact) mass is 110 g/mol. The zero-order valence-corrected chi connectivity index (χ0v) is 3.85. The van der Waals surface area contributed by atoms with E-state index in [0.717, 1.165) is 0 Å². The molecule has 0 saturated carbocycles. The highest BCUT2D eigenvalue weighted by molar-refractivity contribution is 5.91. The molecule has 0 amide bonds. The van der Waals surface area contributed by atoms with Crippen molar-refractivity contribution in [2.45, 2.75) is 12.3 Å². The summed E-state index contributed by atoms with van der Waals surface area (Å²) in [5, 5.41) is 13.7. The van der Waals surface area contributed by atoms with Crippen molar-refractivity contribution in [3.63, 3.8) is 0 Å². The molecule has 0 aromatic rings. The molecule has 2 heterocycles. The molecule has 5 nitrogen and oxygen atoms in total. The van der Waals surface area contributed by atoms with Crippen LogP contribution in [0.15, 0.2) is 20.5 Å². The summed E-state index contributed by atoms with van der Waals surface area (Å²) in [4.78, 5) is 10.6. The lowest BCUT2D eigenvalue weighted by Gasteiger charge is -1.79. The summed E-state index contributed by atoms with van der Waals surface area (Å²) in [7, 11) is 0. The highest BCUT2D eigenvalue weighted by Crippen LogP contribution is 2.21. The van der Waals surface area contributed by atoms with Crippen molar-refractivity contribution in [3.8, 4) is 0 Å². The number of ketones is 1. The van der Waals surface area contributed by atoms with Gasteiger partial charge in [-0.1, -0.05) is 0 Å².